The Balaban J connectivity index is 2.17. The first kappa shape index (κ1) is 13.4. The van der Waals surface area contributed by atoms with Crippen molar-refractivity contribution in [2.45, 2.75) is 20.3 Å². The van der Waals surface area contributed by atoms with Crippen LogP contribution in [-0.4, -0.2) is 21.1 Å². The quantitative estimate of drug-likeness (QED) is 0.575. The van der Waals surface area contributed by atoms with Gasteiger partial charge in [-0.1, -0.05) is 18.3 Å². The third kappa shape index (κ3) is 3.24. The highest BCUT2D eigenvalue weighted by molar-refractivity contribution is 7.15. The number of hydrazine groups is 1. The molecule has 0 bridgehead atoms. The summed E-state index contributed by atoms with van der Waals surface area (Å²) in [6.07, 6.45) is 0.795. The molecule has 0 fully saturated rings. The number of anilines is 2. The standard InChI is InChI=1S/C11H14N6OS/c1-3-9-16-17-11(19-9)14-10(18)7-4-6(2)13-8(5-7)15-12/h4-5H,3,12H2,1-2H3,(H,13,15)(H,14,17,18). The molecule has 7 nitrogen and oxygen atoms in total. The van der Waals surface area contributed by atoms with Crippen LogP contribution in [0.15, 0.2) is 12.1 Å². The third-order valence-corrected chi connectivity index (χ3v) is 3.34. The summed E-state index contributed by atoms with van der Waals surface area (Å²) in [6, 6.07) is 3.25. The van der Waals surface area contributed by atoms with E-state index in [2.05, 4.69) is 25.9 Å². The van der Waals surface area contributed by atoms with Crippen LogP contribution in [-0.2, 0) is 6.42 Å². The van der Waals surface area contributed by atoms with E-state index in [1.165, 1.54) is 11.3 Å². The summed E-state index contributed by atoms with van der Waals surface area (Å²) in [6.45, 7) is 3.77. The van der Waals surface area contributed by atoms with E-state index < -0.39 is 0 Å². The molecule has 0 radical (unpaired) electrons. The fraction of sp³-hybridized carbons (Fsp3) is 0.273. The maximum atomic E-state index is 12.1. The van der Waals surface area contributed by atoms with Crippen LogP contribution in [0.1, 0.15) is 28.0 Å². The lowest BCUT2D eigenvalue weighted by Crippen LogP contribution is -2.15. The van der Waals surface area contributed by atoms with Crippen molar-refractivity contribution in [1.82, 2.24) is 15.2 Å². The van der Waals surface area contributed by atoms with E-state index in [1.54, 1.807) is 19.1 Å². The topological polar surface area (TPSA) is 106 Å². The molecule has 2 rings (SSSR count). The number of nitrogens with two attached hydrogens (primary N) is 1. The number of hydrogen-bond donors (Lipinski definition) is 3. The summed E-state index contributed by atoms with van der Waals surface area (Å²) < 4.78 is 0. The Hall–Kier alpha value is -2.06. The van der Waals surface area contributed by atoms with E-state index >= 15 is 0 Å². The second kappa shape index (κ2) is 5.72. The number of nitrogens with one attached hydrogen (secondary N) is 2. The van der Waals surface area contributed by atoms with Gasteiger partial charge in [0.25, 0.3) is 5.91 Å². The molecule has 0 aromatic carbocycles. The van der Waals surface area contributed by atoms with E-state index in [1.807, 2.05) is 6.92 Å². The minimum absolute atomic E-state index is 0.263. The second-order valence-corrected chi connectivity index (χ2v) is 4.90. The number of rotatable bonds is 4. The number of aromatic nitrogens is 3. The highest BCUT2D eigenvalue weighted by Gasteiger charge is 2.11. The summed E-state index contributed by atoms with van der Waals surface area (Å²) in [5.74, 6) is 5.48. The van der Waals surface area contributed by atoms with Crippen LogP contribution in [0.5, 0.6) is 0 Å². The zero-order valence-corrected chi connectivity index (χ0v) is 11.4. The van der Waals surface area contributed by atoms with E-state index in [4.69, 9.17) is 5.84 Å². The number of carbonyl (C=O) groups is 1. The van der Waals surface area contributed by atoms with Gasteiger partial charge in [0.2, 0.25) is 5.13 Å². The van der Waals surface area contributed by atoms with Crippen LogP contribution in [0.4, 0.5) is 10.9 Å². The smallest absolute Gasteiger partial charge is 0.257 e. The third-order valence-electron chi connectivity index (χ3n) is 2.35. The number of carbonyl (C=O) groups excluding carboxylic acids is 1. The molecule has 19 heavy (non-hydrogen) atoms. The highest BCUT2D eigenvalue weighted by Crippen LogP contribution is 2.17. The van der Waals surface area contributed by atoms with Crippen LogP contribution in [0, 0.1) is 6.92 Å². The predicted molar refractivity (Wildman–Crippen MR) is 74.0 cm³/mol. The zero-order valence-electron chi connectivity index (χ0n) is 10.6. The molecule has 100 valence electrons. The maximum absolute atomic E-state index is 12.1. The first-order chi connectivity index (χ1) is 9.12. The number of amides is 1. The molecule has 8 heteroatoms. The van der Waals surface area contributed by atoms with Crippen LogP contribution in [0.3, 0.4) is 0 Å². The molecule has 0 spiro atoms. The van der Waals surface area contributed by atoms with Crippen molar-refractivity contribution in [3.63, 3.8) is 0 Å². The van der Waals surface area contributed by atoms with Gasteiger partial charge in [0.05, 0.1) is 0 Å². The van der Waals surface area contributed by atoms with Gasteiger partial charge < -0.3 is 5.43 Å². The van der Waals surface area contributed by atoms with Gasteiger partial charge in [-0.15, -0.1) is 10.2 Å². The molecule has 0 unspecified atom stereocenters. The predicted octanol–water partition coefficient (Wildman–Crippen LogP) is 1.34. The Morgan fingerprint density at radius 3 is 2.84 bits per heavy atom. The molecule has 2 aromatic heterocycles. The lowest BCUT2D eigenvalue weighted by atomic mass is 10.2. The van der Waals surface area contributed by atoms with Crippen LogP contribution < -0.4 is 16.6 Å². The summed E-state index contributed by atoms with van der Waals surface area (Å²) in [7, 11) is 0. The monoisotopic (exact) mass is 278 g/mol. The Kier molecular flexibility index (Phi) is 4.03. The van der Waals surface area contributed by atoms with Crippen molar-refractivity contribution in [2.24, 2.45) is 5.84 Å². The fourth-order valence-electron chi connectivity index (χ4n) is 1.49. The zero-order chi connectivity index (χ0) is 13.8. The van der Waals surface area contributed by atoms with Crippen LogP contribution >= 0.6 is 11.3 Å². The molecular formula is C11H14N6OS. The Bertz CT molecular complexity index is 597. The first-order valence-electron chi connectivity index (χ1n) is 5.71. The normalized spacial score (nSPS) is 10.3. The lowest BCUT2D eigenvalue weighted by molar-refractivity contribution is 0.102. The van der Waals surface area contributed by atoms with Crippen LogP contribution in [0.25, 0.3) is 0 Å². The fourth-order valence-corrected chi connectivity index (χ4v) is 2.16. The molecule has 0 aliphatic heterocycles. The van der Waals surface area contributed by atoms with E-state index in [-0.39, 0.29) is 5.91 Å². The summed E-state index contributed by atoms with van der Waals surface area (Å²) in [4.78, 5) is 16.2. The van der Waals surface area contributed by atoms with Gasteiger partial charge in [0, 0.05) is 11.3 Å². The van der Waals surface area contributed by atoms with E-state index in [0.29, 0.717) is 22.2 Å². The maximum Gasteiger partial charge on any atom is 0.257 e. The van der Waals surface area contributed by atoms with Crippen molar-refractivity contribution in [3.05, 3.63) is 28.4 Å². The van der Waals surface area contributed by atoms with Crippen molar-refractivity contribution >= 4 is 28.2 Å². The van der Waals surface area contributed by atoms with Crippen molar-refractivity contribution in [1.29, 1.82) is 0 Å². The Morgan fingerprint density at radius 1 is 1.42 bits per heavy atom. The summed E-state index contributed by atoms with van der Waals surface area (Å²) >= 11 is 1.36. The minimum Gasteiger partial charge on any atom is -0.308 e. The molecule has 1 amide bonds. The van der Waals surface area contributed by atoms with Gasteiger partial charge >= 0.3 is 0 Å². The average molecular weight is 278 g/mol. The minimum atomic E-state index is -0.263. The molecule has 2 heterocycles. The van der Waals surface area contributed by atoms with E-state index in [9.17, 15) is 4.79 Å². The summed E-state index contributed by atoms with van der Waals surface area (Å²) in [5, 5.41) is 11.9. The molecule has 0 aliphatic carbocycles. The van der Waals surface area contributed by atoms with E-state index in [0.717, 1.165) is 11.4 Å². The number of hydrogen-bond acceptors (Lipinski definition) is 7. The Labute approximate surface area is 114 Å². The van der Waals surface area contributed by atoms with Crippen molar-refractivity contribution in [3.8, 4) is 0 Å². The second-order valence-electron chi connectivity index (χ2n) is 3.84. The van der Waals surface area contributed by atoms with Crippen molar-refractivity contribution in [2.75, 3.05) is 10.7 Å². The number of aryl methyl sites for hydroxylation is 2. The van der Waals surface area contributed by atoms with Gasteiger partial charge in [0.1, 0.15) is 10.8 Å². The average Bonchev–Trinajstić information content (AvgIpc) is 2.85. The largest absolute Gasteiger partial charge is 0.308 e. The van der Waals surface area contributed by atoms with Gasteiger partial charge in [-0.25, -0.2) is 10.8 Å². The lowest BCUT2D eigenvalue weighted by Gasteiger charge is -2.05. The number of pyridine rings is 1. The molecule has 0 saturated heterocycles. The van der Waals surface area contributed by atoms with Gasteiger partial charge in [0.15, 0.2) is 0 Å². The molecule has 2 aromatic rings. The highest BCUT2D eigenvalue weighted by atomic mass is 32.1. The van der Waals surface area contributed by atoms with Gasteiger partial charge in [-0.05, 0) is 25.5 Å². The molecular weight excluding hydrogens is 264 g/mol. The first-order valence-corrected chi connectivity index (χ1v) is 6.53. The molecule has 0 aliphatic rings. The Morgan fingerprint density at radius 2 is 2.21 bits per heavy atom. The molecule has 4 N–H and O–H groups in total. The molecule has 0 atom stereocenters. The number of nitrogens with zero attached hydrogens (tertiary/aromatic N) is 3. The van der Waals surface area contributed by atoms with Gasteiger partial charge in [-0.3, -0.25) is 10.1 Å². The van der Waals surface area contributed by atoms with Crippen molar-refractivity contribution < 1.29 is 4.79 Å². The molecule has 0 saturated carbocycles. The van der Waals surface area contributed by atoms with Gasteiger partial charge in [-0.2, -0.15) is 0 Å². The SMILES string of the molecule is CCc1nnc(NC(=O)c2cc(C)nc(NN)c2)s1. The van der Waals surface area contributed by atoms with Crippen LogP contribution in [0.2, 0.25) is 0 Å². The summed E-state index contributed by atoms with van der Waals surface area (Å²) in [5.41, 5.74) is 3.59. The number of nitrogen functional groups attached to an aromatic ring is 1.